The summed E-state index contributed by atoms with van der Waals surface area (Å²) in [6, 6.07) is 7.25. The highest BCUT2D eigenvalue weighted by molar-refractivity contribution is 5.96. The van der Waals surface area contributed by atoms with Gasteiger partial charge in [-0.25, -0.2) is 0 Å². The molecule has 0 atom stereocenters. The van der Waals surface area contributed by atoms with Crippen LogP contribution in [0.5, 0.6) is 0 Å². The van der Waals surface area contributed by atoms with E-state index in [9.17, 15) is 4.79 Å². The molecule has 0 saturated heterocycles. The molecule has 0 fully saturated rings. The number of nitrogens with two attached hydrogens (primary N) is 1. The number of primary amides is 1. The van der Waals surface area contributed by atoms with Crippen molar-refractivity contribution in [2.45, 2.75) is 48.0 Å². The van der Waals surface area contributed by atoms with Crippen molar-refractivity contribution in [2.24, 2.45) is 16.6 Å². The van der Waals surface area contributed by atoms with Crippen LogP contribution in [0.2, 0.25) is 0 Å². The number of rotatable bonds is 9. The Morgan fingerprint density at radius 2 is 1.83 bits per heavy atom. The predicted octanol–water partition coefficient (Wildman–Crippen LogP) is 4.95. The van der Waals surface area contributed by atoms with Crippen LogP contribution in [0, 0.1) is 5.92 Å². The van der Waals surface area contributed by atoms with E-state index < -0.39 is 5.91 Å². The molecule has 1 rings (SSSR count). The number of carbonyl (C=O) groups excluding carboxylic acids is 1. The van der Waals surface area contributed by atoms with Gasteiger partial charge in [-0.2, -0.15) is 0 Å². The fraction of sp³-hybridized carbons (Fsp3) is 0.417. The zero-order valence-electron chi connectivity index (χ0n) is 19.1. The van der Waals surface area contributed by atoms with Gasteiger partial charge in [0.15, 0.2) is 0 Å². The first-order valence-corrected chi connectivity index (χ1v) is 10.0. The van der Waals surface area contributed by atoms with Crippen LogP contribution in [0.1, 0.15) is 63.9 Å². The Hall–Kier alpha value is -2.66. The van der Waals surface area contributed by atoms with E-state index in [1.54, 1.807) is 12.1 Å². The van der Waals surface area contributed by atoms with Gasteiger partial charge in [-0.1, -0.05) is 53.3 Å². The number of aliphatic hydroxyl groups excluding tert-OH is 1. The SMILES string of the molecule is C=C(\C=C/C(CC)=N\C=C(/C)c1cccc(C(N)=O)c1)NCC(C)C.CC.CO. The summed E-state index contributed by atoms with van der Waals surface area (Å²) in [7, 11) is 1.00. The van der Waals surface area contributed by atoms with E-state index in [1.807, 2.05) is 51.3 Å². The van der Waals surface area contributed by atoms with E-state index in [0.717, 1.165) is 42.6 Å². The predicted molar refractivity (Wildman–Crippen MR) is 127 cm³/mol. The van der Waals surface area contributed by atoms with E-state index in [-0.39, 0.29) is 0 Å². The van der Waals surface area contributed by atoms with Gasteiger partial charge >= 0.3 is 0 Å². The Kier molecular flexibility index (Phi) is 17.2. The summed E-state index contributed by atoms with van der Waals surface area (Å²) in [5.41, 5.74) is 9.57. The van der Waals surface area contributed by atoms with Gasteiger partial charge in [-0.05, 0) is 54.7 Å². The molecular weight excluding hydrogens is 362 g/mol. The average Bonchev–Trinajstić information content (AvgIpc) is 2.75. The number of hydrogen-bond donors (Lipinski definition) is 3. The summed E-state index contributed by atoms with van der Waals surface area (Å²) in [4.78, 5) is 15.8. The Morgan fingerprint density at radius 1 is 1.24 bits per heavy atom. The lowest BCUT2D eigenvalue weighted by Crippen LogP contribution is -2.17. The molecule has 1 aromatic carbocycles. The second-order valence-electron chi connectivity index (χ2n) is 6.36. The molecule has 0 heterocycles. The maximum atomic E-state index is 11.3. The molecule has 5 heteroatoms. The van der Waals surface area contributed by atoms with Gasteiger partial charge in [0, 0.05) is 36.8 Å². The molecule has 162 valence electrons. The quantitative estimate of drug-likeness (QED) is 0.404. The van der Waals surface area contributed by atoms with E-state index in [1.165, 1.54) is 0 Å². The van der Waals surface area contributed by atoms with Crippen molar-refractivity contribution >= 4 is 17.2 Å². The molecule has 0 aromatic heterocycles. The molecule has 4 N–H and O–H groups in total. The first-order chi connectivity index (χ1) is 13.8. The van der Waals surface area contributed by atoms with Crippen molar-refractivity contribution in [3.05, 3.63) is 66.0 Å². The molecule has 1 aromatic rings. The number of allylic oxidation sites excluding steroid dienone is 3. The summed E-state index contributed by atoms with van der Waals surface area (Å²) < 4.78 is 0. The van der Waals surface area contributed by atoms with E-state index in [4.69, 9.17) is 10.8 Å². The summed E-state index contributed by atoms with van der Waals surface area (Å²) >= 11 is 0. The van der Waals surface area contributed by atoms with Crippen molar-refractivity contribution in [2.75, 3.05) is 13.7 Å². The van der Waals surface area contributed by atoms with Crippen molar-refractivity contribution in [1.29, 1.82) is 0 Å². The monoisotopic (exact) mass is 401 g/mol. The second-order valence-corrected chi connectivity index (χ2v) is 6.36. The summed E-state index contributed by atoms with van der Waals surface area (Å²) in [6.07, 6.45) is 6.55. The molecule has 0 aliphatic rings. The fourth-order valence-electron chi connectivity index (χ4n) is 2.02. The van der Waals surface area contributed by atoms with Gasteiger partial charge in [0.1, 0.15) is 0 Å². The molecule has 5 nitrogen and oxygen atoms in total. The summed E-state index contributed by atoms with van der Waals surface area (Å²) in [5.74, 6) is 0.147. The molecular formula is C24H39N3O2. The number of hydrogen-bond acceptors (Lipinski definition) is 4. The molecule has 0 bridgehead atoms. The minimum Gasteiger partial charge on any atom is -0.400 e. The van der Waals surface area contributed by atoms with E-state index in [0.29, 0.717) is 11.5 Å². The highest BCUT2D eigenvalue weighted by Gasteiger charge is 2.02. The first kappa shape index (κ1) is 28.5. The number of benzene rings is 1. The highest BCUT2D eigenvalue weighted by Crippen LogP contribution is 2.15. The van der Waals surface area contributed by atoms with Gasteiger partial charge in [0.25, 0.3) is 0 Å². The lowest BCUT2D eigenvalue weighted by Gasteiger charge is -2.08. The van der Waals surface area contributed by atoms with Crippen LogP contribution in [0.15, 0.2) is 59.9 Å². The van der Waals surface area contributed by atoms with Crippen LogP contribution in [0.4, 0.5) is 0 Å². The Labute approximate surface area is 177 Å². The standard InChI is InChI=1S/C21H29N3O.C2H6.CH4O/c1-6-20(11-10-17(5)23-13-15(2)3)24-14-16(4)18-8-7-9-19(12-18)21(22)25;2*1-2/h7-12,14-15,23H,5-6,13H2,1-4H3,(H2,22,25);1-2H3;2H,1H3/b11-10-,16-14+,24-20-;;. The zero-order chi connectivity index (χ0) is 22.8. The normalized spacial score (nSPS) is 11.3. The molecule has 0 unspecified atom stereocenters. The van der Waals surface area contributed by atoms with Gasteiger partial charge in [0.05, 0.1) is 0 Å². The second kappa shape index (κ2) is 17.4. The van der Waals surface area contributed by atoms with Crippen LogP contribution >= 0.6 is 0 Å². The third kappa shape index (κ3) is 13.2. The van der Waals surface area contributed by atoms with Crippen molar-refractivity contribution in [3.63, 3.8) is 0 Å². The van der Waals surface area contributed by atoms with Gasteiger partial charge in [-0.15, -0.1) is 0 Å². The zero-order valence-corrected chi connectivity index (χ0v) is 19.1. The van der Waals surface area contributed by atoms with Crippen LogP contribution < -0.4 is 11.1 Å². The molecule has 0 radical (unpaired) electrons. The van der Waals surface area contributed by atoms with Crippen molar-refractivity contribution < 1.29 is 9.90 Å². The molecule has 1 amide bonds. The van der Waals surface area contributed by atoms with Crippen LogP contribution in [0.25, 0.3) is 5.57 Å². The van der Waals surface area contributed by atoms with Crippen LogP contribution in [0.3, 0.4) is 0 Å². The van der Waals surface area contributed by atoms with E-state index >= 15 is 0 Å². The number of amides is 1. The summed E-state index contributed by atoms with van der Waals surface area (Å²) in [6.45, 7) is 17.2. The lowest BCUT2D eigenvalue weighted by atomic mass is 10.1. The maximum absolute atomic E-state index is 11.3. The maximum Gasteiger partial charge on any atom is 0.248 e. The van der Waals surface area contributed by atoms with Crippen LogP contribution in [-0.4, -0.2) is 30.4 Å². The Bertz CT molecular complexity index is 702. The average molecular weight is 402 g/mol. The number of aliphatic hydroxyl groups is 1. The minimum absolute atomic E-state index is 0.428. The molecule has 0 spiro atoms. The number of aliphatic imine (C=N–C) groups is 1. The smallest absolute Gasteiger partial charge is 0.248 e. The highest BCUT2D eigenvalue weighted by atomic mass is 16.2. The number of carbonyl (C=O) groups is 1. The minimum atomic E-state index is -0.428. The fourth-order valence-corrected chi connectivity index (χ4v) is 2.02. The number of nitrogens with zero attached hydrogens (tertiary/aromatic N) is 1. The summed E-state index contributed by atoms with van der Waals surface area (Å²) in [5, 5.41) is 10.3. The lowest BCUT2D eigenvalue weighted by molar-refractivity contribution is 0.1000. The molecule has 0 aliphatic heterocycles. The largest absolute Gasteiger partial charge is 0.400 e. The van der Waals surface area contributed by atoms with Crippen molar-refractivity contribution in [3.8, 4) is 0 Å². The molecule has 29 heavy (non-hydrogen) atoms. The Balaban J connectivity index is 0. The first-order valence-electron chi connectivity index (χ1n) is 10.0. The van der Waals surface area contributed by atoms with Crippen molar-refractivity contribution in [1.82, 2.24) is 5.32 Å². The molecule has 0 aliphatic carbocycles. The van der Waals surface area contributed by atoms with Gasteiger partial charge < -0.3 is 16.2 Å². The Morgan fingerprint density at radius 3 is 2.34 bits per heavy atom. The number of nitrogens with one attached hydrogen (secondary N) is 1. The van der Waals surface area contributed by atoms with Crippen LogP contribution in [-0.2, 0) is 0 Å². The van der Waals surface area contributed by atoms with E-state index in [2.05, 4.69) is 37.7 Å². The van der Waals surface area contributed by atoms with Gasteiger partial charge in [0.2, 0.25) is 5.91 Å². The molecule has 0 saturated carbocycles. The third-order valence-electron chi connectivity index (χ3n) is 3.60. The topological polar surface area (TPSA) is 87.7 Å². The van der Waals surface area contributed by atoms with Gasteiger partial charge in [-0.3, -0.25) is 9.79 Å². The third-order valence-corrected chi connectivity index (χ3v) is 3.60.